The van der Waals surface area contributed by atoms with Gasteiger partial charge in [-0.1, -0.05) is 34.1 Å². The Kier molecular flexibility index (Phi) is 6.23. The molecule has 0 radical (unpaired) electrons. The molecule has 0 spiro atoms. The van der Waals surface area contributed by atoms with Gasteiger partial charge in [0.05, 0.1) is 18.6 Å². The molecule has 1 unspecified atom stereocenters. The van der Waals surface area contributed by atoms with E-state index in [0.29, 0.717) is 19.4 Å². The van der Waals surface area contributed by atoms with Crippen molar-refractivity contribution in [1.82, 2.24) is 4.90 Å². The monoisotopic (exact) mass is 473 g/mol. The van der Waals surface area contributed by atoms with Gasteiger partial charge in [-0.2, -0.15) is 0 Å². The quantitative estimate of drug-likeness (QED) is 0.480. The van der Waals surface area contributed by atoms with Crippen LogP contribution in [-0.4, -0.2) is 35.7 Å². The van der Waals surface area contributed by atoms with Crippen molar-refractivity contribution in [2.24, 2.45) is 5.92 Å². The van der Waals surface area contributed by atoms with E-state index in [9.17, 15) is 9.90 Å². The molecular weight excluding hydrogens is 450 g/mol. The number of carboxylic acid groups (broad SMARTS) is 1. The lowest BCUT2D eigenvalue weighted by molar-refractivity contribution is -0.143. The van der Waals surface area contributed by atoms with E-state index >= 15 is 0 Å². The van der Waals surface area contributed by atoms with Crippen LogP contribution in [0.25, 0.3) is 10.1 Å². The molecule has 1 aromatic heterocycles. The van der Waals surface area contributed by atoms with Gasteiger partial charge in [-0.15, -0.1) is 11.3 Å². The van der Waals surface area contributed by atoms with Crippen LogP contribution in [-0.2, 0) is 4.79 Å². The summed E-state index contributed by atoms with van der Waals surface area (Å²) in [7, 11) is 0. The van der Waals surface area contributed by atoms with Gasteiger partial charge >= 0.3 is 5.97 Å². The maximum atomic E-state index is 11.4. The molecule has 2 heterocycles. The van der Waals surface area contributed by atoms with Gasteiger partial charge in [-0.05, 0) is 73.5 Å². The Morgan fingerprint density at radius 3 is 2.72 bits per heavy atom. The fourth-order valence-electron chi connectivity index (χ4n) is 4.20. The number of ether oxygens (including phenoxy) is 1. The zero-order valence-corrected chi connectivity index (χ0v) is 18.7. The summed E-state index contributed by atoms with van der Waals surface area (Å²) in [5, 5.41) is 12.9. The van der Waals surface area contributed by atoms with Crippen LogP contribution in [0.1, 0.15) is 36.9 Å². The van der Waals surface area contributed by atoms with Gasteiger partial charge in [0.25, 0.3) is 0 Å². The van der Waals surface area contributed by atoms with E-state index in [1.807, 2.05) is 19.1 Å². The predicted octanol–water partition coefficient (Wildman–Crippen LogP) is 5.95. The van der Waals surface area contributed by atoms with E-state index in [1.165, 1.54) is 15.6 Å². The van der Waals surface area contributed by atoms with Gasteiger partial charge < -0.3 is 9.84 Å². The molecule has 0 amide bonds. The normalized spacial score (nSPS) is 16.8. The number of carboxylic acids is 1. The minimum Gasteiger partial charge on any atom is -0.494 e. The molecule has 29 heavy (non-hydrogen) atoms. The van der Waals surface area contributed by atoms with Gasteiger partial charge in [0.2, 0.25) is 0 Å². The van der Waals surface area contributed by atoms with Crippen LogP contribution in [0, 0.1) is 5.92 Å². The highest BCUT2D eigenvalue weighted by Crippen LogP contribution is 2.42. The Morgan fingerprint density at radius 1 is 1.24 bits per heavy atom. The molecule has 3 aromatic rings. The zero-order valence-electron chi connectivity index (χ0n) is 16.3. The molecule has 1 aliphatic rings. The third-order valence-electron chi connectivity index (χ3n) is 5.62. The van der Waals surface area contributed by atoms with Crippen molar-refractivity contribution < 1.29 is 14.6 Å². The van der Waals surface area contributed by atoms with E-state index in [1.54, 1.807) is 11.3 Å². The molecule has 1 aliphatic heterocycles. The predicted molar refractivity (Wildman–Crippen MR) is 121 cm³/mol. The van der Waals surface area contributed by atoms with Gasteiger partial charge in [0.1, 0.15) is 5.75 Å². The molecule has 4 nitrogen and oxygen atoms in total. The Labute approximate surface area is 183 Å². The van der Waals surface area contributed by atoms with Crippen LogP contribution in [0.2, 0.25) is 0 Å². The number of piperidine rings is 1. The summed E-state index contributed by atoms with van der Waals surface area (Å²) >= 11 is 5.39. The first-order valence-corrected chi connectivity index (χ1v) is 11.6. The van der Waals surface area contributed by atoms with Crippen LogP contribution in [0.15, 0.2) is 52.3 Å². The number of nitrogens with zero attached hydrogens (tertiary/aromatic N) is 1. The number of thiophene rings is 1. The first-order chi connectivity index (χ1) is 14.1. The summed E-state index contributed by atoms with van der Waals surface area (Å²) in [6.07, 6.45) is 1.34. The second-order valence-electron chi connectivity index (χ2n) is 7.35. The third kappa shape index (κ3) is 4.20. The minimum absolute atomic E-state index is 0.0277. The number of carbonyl (C=O) groups is 1. The van der Waals surface area contributed by atoms with Gasteiger partial charge in [0, 0.05) is 14.7 Å². The molecule has 1 N–H and O–H groups in total. The zero-order chi connectivity index (χ0) is 20.4. The Balaban J connectivity index is 1.81. The lowest BCUT2D eigenvalue weighted by atomic mass is 9.90. The Morgan fingerprint density at radius 2 is 2.00 bits per heavy atom. The molecule has 0 saturated carbocycles. The SMILES string of the molecule is CCOc1ccc(Br)cc1C(c1csc2ccccc12)N1CCC(C(=O)O)CC1. The first-order valence-electron chi connectivity index (χ1n) is 9.93. The van der Waals surface area contributed by atoms with Crippen molar-refractivity contribution >= 4 is 43.3 Å². The van der Waals surface area contributed by atoms with E-state index < -0.39 is 5.97 Å². The largest absolute Gasteiger partial charge is 0.494 e. The third-order valence-corrected chi connectivity index (χ3v) is 7.09. The fourth-order valence-corrected chi connectivity index (χ4v) is 5.55. The number of hydrogen-bond donors (Lipinski definition) is 1. The highest BCUT2D eigenvalue weighted by Gasteiger charge is 2.33. The summed E-state index contributed by atoms with van der Waals surface area (Å²) < 4.78 is 8.27. The average molecular weight is 474 g/mol. The molecule has 1 saturated heterocycles. The van der Waals surface area contributed by atoms with E-state index in [-0.39, 0.29) is 12.0 Å². The van der Waals surface area contributed by atoms with Crippen molar-refractivity contribution in [3.63, 3.8) is 0 Å². The smallest absolute Gasteiger partial charge is 0.306 e. The summed E-state index contributed by atoms with van der Waals surface area (Å²) in [6.45, 7) is 4.11. The van der Waals surface area contributed by atoms with Crippen molar-refractivity contribution in [2.45, 2.75) is 25.8 Å². The fraction of sp³-hybridized carbons (Fsp3) is 0.348. The maximum absolute atomic E-state index is 11.4. The van der Waals surface area contributed by atoms with Gasteiger partial charge in [0.15, 0.2) is 0 Å². The van der Waals surface area contributed by atoms with Crippen molar-refractivity contribution in [3.05, 3.63) is 63.4 Å². The molecule has 1 fully saturated rings. The number of benzene rings is 2. The molecule has 0 bridgehead atoms. The summed E-state index contributed by atoms with van der Waals surface area (Å²) in [4.78, 5) is 13.9. The molecule has 1 atom stereocenters. The number of likely N-dealkylation sites (tertiary alicyclic amines) is 1. The number of fused-ring (bicyclic) bond motifs is 1. The van der Waals surface area contributed by atoms with Crippen LogP contribution >= 0.6 is 27.3 Å². The van der Waals surface area contributed by atoms with Gasteiger partial charge in [-0.25, -0.2) is 0 Å². The van der Waals surface area contributed by atoms with Crippen LogP contribution < -0.4 is 4.74 Å². The molecule has 6 heteroatoms. The Hall–Kier alpha value is -1.89. The number of hydrogen-bond acceptors (Lipinski definition) is 4. The van der Waals surface area contributed by atoms with E-state index in [4.69, 9.17) is 4.74 Å². The molecule has 152 valence electrons. The first kappa shape index (κ1) is 20.4. The number of rotatable bonds is 6. The highest BCUT2D eigenvalue weighted by atomic mass is 79.9. The standard InChI is InChI=1S/C23H24BrNO3S/c1-2-28-20-8-7-16(24)13-18(20)22(25-11-9-15(10-12-25)23(26)27)19-14-29-21-6-4-3-5-17(19)21/h3-8,13-15,22H,2,9-12H2,1H3,(H,26,27). The average Bonchev–Trinajstić information content (AvgIpc) is 3.15. The van der Waals surface area contributed by atoms with E-state index in [0.717, 1.165) is 28.9 Å². The van der Waals surface area contributed by atoms with Crippen LogP contribution in [0.4, 0.5) is 0 Å². The second-order valence-corrected chi connectivity index (χ2v) is 9.18. The Bertz CT molecular complexity index is 1010. The van der Waals surface area contributed by atoms with E-state index in [2.05, 4.69) is 56.5 Å². The summed E-state index contributed by atoms with van der Waals surface area (Å²) in [5.74, 6) is -0.0454. The summed E-state index contributed by atoms with van der Waals surface area (Å²) in [6, 6.07) is 14.7. The van der Waals surface area contributed by atoms with Crippen molar-refractivity contribution in [2.75, 3.05) is 19.7 Å². The highest BCUT2D eigenvalue weighted by molar-refractivity contribution is 9.10. The lowest BCUT2D eigenvalue weighted by Crippen LogP contribution is -2.39. The molecule has 0 aliphatic carbocycles. The lowest BCUT2D eigenvalue weighted by Gasteiger charge is -2.37. The topological polar surface area (TPSA) is 49.8 Å². The number of aliphatic carboxylic acids is 1. The molecule has 2 aromatic carbocycles. The van der Waals surface area contributed by atoms with Crippen LogP contribution in [0.5, 0.6) is 5.75 Å². The van der Waals surface area contributed by atoms with Crippen molar-refractivity contribution in [1.29, 1.82) is 0 Å². The number of halogens is 1. The maximum Gasteiger partial charge on any atom is 0.306 e. The summed E-state index contributed by atoms with van der Waals surface area (Å²) in [5.41, 5.74) is 2.39. The van der Waals surface area contributed by atoms with Crippen molar-refractivity contribution in [3.8, 4) is 5.75 Å². The van der Waals surface area contributed by atoms with Crippen LogP contribution in [0.3, 0.4) is 0 Å². The molecular formula is C23H24BrNO3S. The molecule has 4 rings (SSSR count). The minimum atomic E-state index is -0.681. The second kappa shape index (κ2) is 8.86. The van der Waals surface area contributed by atoms with Gasteiger partial charge in [-0.3, -0.25) is 9.69 Å².